The molecule has 1 saturated heterocycles. The molecule has 112 valence electrons. The molecule has 5 nitrogen and oxygen atoms in total. The molecule has 0 radical (unpaired) electrons. The summed E-state index contributed by atoms with van der Waals surface area (Å²) >= 11 is 0. The van der Waals surface area contributed by atoms with Crippen LogP contribution in [0.15, 0.2) is 0 Å². The molecular weight excluding hydrogens is 244 g/mol. The number of nitrogens with zero attached hydrogens (tertiary/aromatic N) is 2. The smallest absolute Gasteiger partial charge is 0.313 e. The molecule has 1 N–H and O–H groups in total. The summed E-state index contributed by atoms with van der Waals surface area (Å²) in [7, 11) is 4.08. The topological polar surface area (TPSA) is 53.0 Å². The summed E-state index contributed by atoms with van der Waals surface area (Å²) in [6.07, 6.45) is 2.62. The Labute approximate surface area is 116 Å². The summed E-state index contributed by atoms with van der Waals surface area (Å²) in [5.74, 6) is -0.710. The molecule has 1 unspecified atom stereocenters. The summed E-state index contributed by atoms with van der Waals surface area (Å²) in [5, 5.41) is 9.57. The van der Waals surface area contributed by atoms with E-state index in [2.05, 4.69) is 16.7 Å². The fourth-order valence-electron chi connectivity index (χ4n) is 2.57. The molecule has 1 rings (SSSR count). The number of hydrogen-bond acceptors (Lipinski definition) is 4. The maximum Gasteiger partial charge on any atom is 0.313 e. The largest absolute Gasteiger partial charge is 0.481 e. The van der Waals surface area contributed by atoms with Crippen molar-refractivity contribution in [2.45, 2.75) is 26.2 Å². The Hall–Kier alpha value is -0.650. The molecule has 1 heterocycles. The van der Waals surface area contributed by atoms with Crippen molar-refractivity contribution in [3.05, 3.63) is 0 Å². The third-order valence-corrected chi connectivity index (χ3v) is 3.71. The molecule has 0 aromatic carbocycles. The Morgan fingerprint density at radius 2 is 2.05 bits per heavy atom. The fourth-order valence-corrected chi connectivity index (χ4v) is 2.57. The number of rotatable bonds is 8. The minimum Gasteiger partial charge on any atom is -0.481 e. The van der Waals surface area contributed by atoms with Crippen LogP contribution in [-0.4, -0.2) is 74.4 Å². The van der Waals surface area contributed by atoms with Crippen LogP contribution < -0.4 is 0 Å². The summed E-state index contributed by atoms with van der Waals surface area (Å²) in [5.41, 5.74) is -0.709. The van der Waals surface area contributed by atoms with Gasteiger partial charge in [-0.25, -0.2) is 0 Å². The van der Waals surface area contributed by atoms with Crippen molar-refractivity contribution in [2.75, 3.05) is 53.5 Å². The standard InChI is InChI=1S/C14H28N2O3/c1-4-7-16(9-8-15(2)3)11-14(13(17)18)6-5-10-19-12-14/h4-12H2,1-3H3,(H,17,18). The maximum atomic E-state index is 11.6. The van der Waals surface area contributed by atoms with Gasteiger partial charge in [-0.05, 0) is 39.9 Å². The van der Waals surface area contributed by atoms with E-state index in [-0.39, 0.29) is 0 Å². The Balaban J connectivity index is 2.64. The molecule has 0 saturated carbocycles. The first-order valence-corrected chi connectivity index (χ1v) is 7.18. The second kappa shape index (κ2) is 7.82. The van der Waals surface area contributed by atoms with Crippen LogP contribution in [0.2, 0.25) is 0 Å². The Morgan fingerprint density at radius 3 is 2.53 bits per heavy atom. The van der Waals surface area contributed by atoms with Crippen molar-refractivity contribution < 1.29 is 14.6 Å². The number of carbonyl (C=O) groups is 1. The number of ether oxygens (including phenoxy) is 1. The SMILES string of the molecule is CCCN(CCN(C)C)CC1(C(=O)O)CCCOC1. The number of likely N-dealkylation sites (N-methyl/N-ethyl adjacent to an activating group) is 1. The molecule has 0 aliphatic carbocycles. The van der Waals surface area contributed by atoms with Crippen molar-refractivity contribution in [1.82, 2.24) is 9.80 Å². The average molecular weight is 272 g/mol. The summed E-state index contributed by atoms with van der Waals surface area (Å²) in [6, 6.07) is 0. The van der Waals surface area contributed by atoms with E-state index < -0.39 is 11.4 Å². The van der Waals surface area contributed by atoms with Gasteiger partial charge in [0.25, 0.3) is 0 Å². The first-order valence-electron chi connectivity index (χ1n) is 7.18. The van der Waals surface area contributed by atoms with Crippen molar-refractivity contribution in [2.24, 2.45) is 5.41 Å². The van der Waals surface area contributed by atoms with Crippen molar-refractivity contribution in [1.29, 1.82) is 0 Å². The predicted octanol–water partition coefficient (Wildman–Crippen LogP) is 1.14. The van der Waals surface area contributed by atoms with Crippen LogP contribution in [0.25, 0.3) is 0 Å². The summed E-state index contributed by atoms with van der Waals surface area (Å²) in [4.78, 5) is 16.0. The van der Waals surface area contributed by atoms with E-state index in [1.54, 1.807) is 0 Å². The van der Waals surface area contributed by atoms with Crippen LogP contribution in [-0.2, 0) is 9.53 Å². The lowest BCUT2D eigenvalue weighted by Gasteiger charge is -2.37. The number of aliphatic carboxylic acids is 1. The zero-order valence-electron chi connectivity index (χ0n) is 12.5. The lowest BCUT2D eigenvalue weighted by atomic mass is 9.82. The van der Waals surface area contributed by atoms with Gasteiger partial charge in [-0.3, -0.25) is 4.79 Å². The van der Waals surface area contributed by atoms with E-state index in [1.165, 1.54) is 0 Å². The van der Waals surface area contributed by atoms with Crippen LogP contribution in [0.3, 0.4) is 0 Å². The van der Waals surface area contributed by atoms with Crippen molar-refractivity contribution in [3.8, 4) is 0 Å². The first kappa shape index (κ1) is 16.4. The molecule has 0 amide bonds. The molecule has 1 fully saturated rings. The molecule has 1 aliphatic heterocycles. The molecule has 1 aliphatic rings. The van der Waals surface area contributed by atoms with Gasteiger partial charge in [0.1, 0.15) is 5.41 Å². The molecule has 0 aromatic heterocycles. The third kappa shape index (κ3) is 5.09. The monoisotopic (exact) mass is 272 g/mol. The minimum absolute atomic E-state index is 0.352. The molecule has 0 aromatic rings. The molecule has 0 bridgehead atoms. The van der Waals surface area contributed by atoms with Gasteiger partial charge in [0, 0.05) is 26.2 Å². The van der Waals surface area contributed by atoms with Gasteiger partial charge in [0.05, 0.1) is 6.61 Å². The number of hydrogen-bond donors (Lipinski definition) is 1. The van der Waals surface area contributed by atoms with E-state index in [0.717, 1.165) is 38.9 Å². The van der Waals surface area contributed by atoms with E-state index in [1.807, 2.05) is 14.1 Å². The first-order chi connectivity index (χ1) is 9.00. The highest BCUT2D eigenvalue weighted by Gasteiger charge is 2.41. The normalized spacial score (nSPS) is 24.1. The van der Waals surface area contributed by atoms with Gasteiger partial charge in [-0.1, -0.05) is 6.92 Å². The van der Waals surface area contributed by atoms with E-state index in [0.29, 0.717) is 19.8 Å². The molecular formula is C14H28N2O3. The quantitative estimate of drug-likeness (QED) is 0.718. The second-order valence-corrected chi connectivity index (χ2v) is 5.82. The minimum atomic E-state index is -0.710. The zero-order chi connectivity index (χ0) is 14.3. The van der Waals surface area contributed by atoms with E-state index in [4.69, 9.17) is 4.74 Å². The van der Waals surface area contributed by atoms with Crippen LogP contribution in [0.1, 0.15) is 26.2 Å². The van der Waals surface area contributed by atoms with Gasteiger partial charge < -0.3 is 19.6 Å². The molecule has 0 spiro atoms. The lowest BCUT2D eigenvalue weighted by Crippen LogP contribution is -2.49. The lowest BCUT2D eigenvalue weighted by molar-refractivity contribution is -0.159. The third-order valence-electron chi connectivity index (χ3n) is 3.71. The van der Waals surface area contributed by atoms with Crippen molar-refractivity contribution >= 4 is 5.97 Å². The Bertz CT molecular complexity index is 276. The highest BCUT2D eigenvalue weighted by molar-refractivity contribution is 5.75. The van der Waals surface area contributed by atoms with E-state index >= 15 is 0 Å². The number of carboxylic acid groups (broad SMARTS) is 1. The van der Waals surface area contributed by atoms with Crippen LogP contribution in [0.5, 0.6) is 0 Å². The zero-order valence-corrected chi connectivity index (χ0v) is 12.5. The van der Waals surface area contributed by atoms with Gasteiger partial charge >= 0.3 is 5.97 Å². The fraction of sp³-hybridized carbons (Fsp3) is 0.929. The van der Waals surface area contributed by atoms with Gasteiger partial charge in [-0.15, -0.1) is 0 Å². The molecule has 1 atom stereocenters. The Morgan fingerprint density at radius 1 is 1.32 bits per heavy atom. The van der Waals surface area contributed by atoms with Gasteiger partial charge in [0.15, 0.2) is 0 Å². The van der Waals surface area contributed by atoms with Gasteiger partial charge in [0.2, 0.25) is 0 Å². The highest BCUT2D eigenvalue weighted by atomic mass is 16.5. The van der Waals surface area contributed by atoms with Crippen LogP contribution in [0.4, 0.5) is 0 Å². The van der Waals surface area contributed by atoms with E-state index in [9.17, 15) is 9.90 Å². The Kier molecular flexibility index (Phi) is 6.75. The average Bonchev–Trinajstić information content (AvgIpc) is 2.37. The molecule has 19 heavy (non-hydrogen) atoms. The summed E-state index contributed by atoms with van der Waals surface area (Å²) < 4.78 is 5.43. The van der Waals surface area contributed by atoms with Gasteiger partial charge in [-0.2, -0.15) is 0 Å². The highest BCUT2D eigenvalue weighted by Crippen LogP contribution is 2.30. The summed E-state index contributed by atoms with van der Waals surface area (Å²) in [6.45, 7) is 6.60. The van der Waals surface area contributed by atoms with Crippen LogP contribution >= 0.6 is 0 Å². The molecule has 5 heteroatoms. The maximum absolute atomic E-state index is 11.6. The van der Waals surface area contributed by atoms with Crippen molar-refractivity contribution in [3.63, 3.8) is 0 Å². The number of carboxylic acids is 1. The predicted molar refractivity (Wildman–Crippen MR) is 75.4 cm³/mol. The van der Waals surface area contributed by atoms with Crippen LogP contribution in [0, 0.1) is 5.41 Å². The second-order valence-electron chi connectivity index (χ2n) is 5.82.